The first kappa shape index (κ1) is 11.2. The number of nitrogen functional groups attached to an aromatic ring is 1. The molecule has 2 rings (SSSR count). The van der Waals surface area contributed by atoms with Gasteiger partial charge in [-0.3, -0.25) is 4.98 Å². The lowest BCUT2D eigenvalue weighted by Crippen LogP contribution is -2.15. The lowest BCUT2D eigenvalue weighted by atomic mass is 10.2. The van der Waals surface area contributed by atoms with Crippen molar-refractivity contribution in [3.63, 3.8) is 0 Å². The first-order valence-corrected chi connectivity index (χ1v) is 5.40. The van der Waals surface area contributed by atoms with Gasteiger partial charge in [-0.05, 0) is 31.2 Å². The van der Waals surface area contributed by atoms with Crippen LogP contribution in [0, 0.1) is 0 Å². The standard InChI is InChI=1S/C14H15N3/c1-11(2)17(12-6-5-9-16-10-12)14-8-4-3-7-13(14)15/h3-10H,1,15H2,2H3. The molecule has 0 bridgehead atoms. The van der Waals surface area contributed by atoms with Gasteiger partial charge in [0.25, 0.3) is 0 Å². The Balaban J connectivity index is 2.51. The third-order valence-corrected chi connectivity index (χ3v) is 2.46. The highest BCUT2D eigenvalue weighted by Gasteiger charge is 2.12. The maximum atomic E-state index is 5.99. The number of nitrogens with zero attached hydrogens (tertiary/aromatic N) is 2. The molecule has 17 heavy (non-hydrogen) atoms. The molecule has 1 aromatic carbocycles. The quantitative estimate of drug-likeness (QED) is 0.815. The van der Waals surface area contributed by atoms with Crippen LogP contribution in [0.5, 0.6) is 0 Å². The maximum Gasteiger partial charge on any atom is 0.0688 e. The molecule has 0 unspecified atom stereocenters. The zero-order valence-electron chi connectivity index (χ0n) is 9.80. The molecule has 0 aliphatic rings. The van der Waals surface area contributed by atoms with Crippen molar-refractivity contribution in [3.8, 4) is 0 Å². The predicted molar refractivity (Wildman–Crippen MR) is 72.0 cm³/mol. The summed E-state index contributed by atoms with van der Waals surface area (Å²) in [6, 6.07) is 11.6. The Hall–Kier alpha value is -2.29. The van der Waals surface area contributed by atoms with E-state index in [4.69, 9.17) is 5.73 Å². The van der Waals surface area contributed by atoms with Crippen molar-refractivity contribution < 1.29 is 0 Å². The van der Waals surface area contributed by atoms with Gasteiger partial charge in [-0.2, -0.15) is 0 Å². The number of nitrogens with two attached hydrogens (primary N) is 1. The third kappa shape index (κ3) is 2.28. The number of hydrogen-bond donors (Lipinski definition) is 1. The van der Waals surface area contributed by atoms with Crippen molar-refractivity contribution in [2.45, 2.75) is 6.92 Å². The minimum absolute atomic E-state index is 0.722. The molecule has 0 fully saturated rings. The Morgan fingerprint density at radius 2 is 2.00 bits per heavy atom. The number of aromatic nitrogens is 1. The summed E-state index contributed by atoms with van der Waals surface area (Å²) < 4.78 is 0. The Morgan fingerprint density at radius 3 is 2.59 bits per heavy atom. The molecule has 0 amide bonds. The summed E-state index contributed by atoms with van der Waals surface area (Å²) in [6.45, 7) is 5.94. The monoisotopic (exact) mass is 225 g/mol. The van der Waals surface area contributed by atoms with Gasteiger partial charge in [0.05, 0.1) is 23.3 Å². The van der Waals surface area contributed by atoms with E-state index in [-0.39, 0.29) is 0 Å². The number of para-hydroxylation sites is 2. The maximum absolute atomic E-state index is 5.99. The van der Waals surface area contributed by atoms with Crippen LogP contribution in [0.15, 0.2) is 61.1 Å². The van der Waals surface area contributed by atoms with Crippen LogP contribution in [0.3, 0.4) is 0 Å². The topological polar surface area (TPSA) is 42.2 Å². The lowest BCUT2D eigenvalue weighted by Gasteiger charge is -2.25. The molecule has 0 radical (unpaired) electrons. The average Bonchev–Trinajstić information content (AvgIpc) is 2.33. The first-order chi connectivity index (χ1) is 8.20. The molecule has 2 aromatic rings. The van der Waals surface area contributed by atoms with Crippen LogP contribution in [0.1, 0.15) is 6.92 Å². The van der Waals surface area contributed by atoms with E-state index in [2.05, 4.69) is 11.6 Å². The molecular weight excluding hydrogens is 210 g/mol. The van der Waals surface area contributed by atoms with E-state index in [0.29, 0.717) is 0 Å². The molecule has 1 heterocycles. The average molecular weight is 225 g/mol. The van der Waals surface area contributed by atoms with Gasteiger partial charge in [-0.15, -0.1) is 0 Å². The minimum Gasteiger partial charge on any atom is -0.397 e. The van der Waals surface area contributed by atoms with Crippen LogP contribution in [-0.2, 0) is 0 Å². The van der Waals surface area contributed by atoms with E-state index in [0.717, 1.165) is 22.8 Å². The van der Waals surface area contributed by atoms with Gasteiger partial charge in [0.2, 0.25) is 0 Å². The number of rotatable bonds is 3. The number of hydrogen-bond acceptors (Lipinski definition) is 3. The van der Waals surface area contributed by atoms with Crippen LogP contribution in [-0.4, -0.2) is 4.98 Å². The van der Waals surface area contributed by atoms with Crippen molar-refractivity contribution in [3.05, 3.63) is 61.1 Å². The predicted octanol–water partition coefficient (Wildman–Crippen LogP) is 3.34. The summed E-state index contributed by atoms with van der Waals surface area (Å²) in [7, 11) is 0. The molecule has 0 atom stereocenters. The molecule has 1 aromatic heterocycles. The summed E-state index contributed by atoms with van der Waals surface area (Å²) in [6.07, 6.45) is 3.54. The summed E-state index contributed by atoms with van der Waals surface area (Å²) >= 11 is 0. The summed E-state index contributed by atoms with van der Waals surface area (Å²) in [5.41, 5.74) is 9.49. The smallest absolute Gasteiger partial charge is 0.0688 e. The first-order valence-electron chi connectivity index (χ1n) is 5.40. The second-order valence-electron chi connectivity index (χ2n) is 3.84. The molecule has 0 spiro atoms. The second-order valence-corrected chi connectivity index (χ2v) is 3.84. The van der Waals surface area contributed by atoms with Gasteiger partial charge in [-0.25, -0.2) is 0 Å². The van der Waals surface area contributed by atoms with Gasteiger partial charge in [0, 0.05) is 11.9 Å². The van der Waals surface area contributed by atoms with Crippen molar-refractivity contribution in [1.29, 1.82) is 0 Å². The fourth-order valence-corrected chi connectivity index (χ4v) is 1.74. The Labute approximate surface area is 101 Å². The number of benzene rings is 1. The summed E-state index contributed by atoms with van der Waals surface area (Å²) in [5, 5.41) is 0. The fraction of sp³-hybridized carbons (Fsp3) is 0.0714. The largest absolute Gasteiger partial charge is 0.397 e. The molecule has 0 aliphatic heterocycles. The van der Waals surface area contributed by atoms with E-state index < -0.39 is 0 Å². The molecule has 86 valence electrons. The third-order valence-electron chi connectivity index (χ3n) is 2.46. The van der Waals surface area contributed by atoms with Gasteiger partial charge in [0.15, 0.2) is 0 Å². The second kappa shape index (κ2) is 4.70. The van der Waals surface area contributed by atoms with E-state index >= 15 is 0 Å². The van der Waals surface area contributed by atoms with Crippen LogP contribution in [0.2, 0.25) is 0 Å². The highest BCUT2D eigenvalue weighted by atomic mass is 15.2. The number of anilines is 3. The van der Waals surface area contributed by atoms with Gasteiger partial charge in [-0.1, -0.05) is 18.7 Å². The highest BCUT2D eigenvalue weighted by molar-refractivity contribution is 5.77. The Kier molecular flexibility index (Phi) is 3.10. The molecular formula is C14H15N3. The zero-order chi connectivity index (χ0) is 12.3. The van der Waals surface area contributed by atoms with E-state index in [1.165, 1.54) is 0 Å². The minimum atomic E-state index is 0.722. The number of pyridine rings is 1. The fourth-order valence-electron chi connectivity index (χ4n) is 1.74. The van der Waals surface area contributed by atoms with E-state index in [1.54, 1.807) is 12.4 Å². The van der Waals surface area contributed by atoms with Crippen LogP contribution in [0.25, 0.3) is 0 Å². The molecule has 0 saturated heterocycles. The van der Waals surface area contributed by atoms with Crippen LogP contribution >= 0.6 is 0 Å². The van der Waals surface area contributed by atoms with Crippen molar-refractivity contribution >= 4 is 17.1 Å². The molecule has 3 nitrogen and oxygen atoms in total. The van der Waals surface area contributed by atoms with Crippen LogP contribution < -0.4 is 10.6 Å². The molecule has 3 heteroatoms. The van der Waals surface area contributed by atoms with E-state index in [1.807, 2.05) is 48.2 Å². The van der Waals surface area contributed by atoms with Gasteiger partial charge >= 0.3 is 0 Å². The molecule has 0 aliphatic carbocycles. The normalized spacial score (nSPS) is 9.94. The Morgan fingerprint density at radius 1 is 1.24 bits per heavy atom. The van der Waals surface area contributed by atoms with Gasteiger partial charge in [0.1, 0.15) is 0 Å². The molecule has 2 N–H and O–H groups in total. The summed E-state index contributed by atoms with van der Waals surface area (Å²) in [4.78, 5) is 6.11. The number of allylic oxidation sites excluding steroid dienone is 1. The SMILES string of the molecule is C=C(C)N(c1cccnc1)c1ccccc1N. The van der Waals surface area contributed by atoms with E-state index in [9.17, 15) is 0 Å². The van der Waals surface area contributed by atoms with Crippen molar-refractivity contribution in [2.75, 3.05) is 10.6 Å². The lowest BCUT2D eigenvalue weighted by molar-refractivity contribution is 1.15. The molecule has 0 saturated carbocycles. The van der Waals surface area contributed by atoms with Gasteiger partial charge < -0.3 is 10.6 Å². The highest BCUT2D eigenvalue weighted by Crippen LogP contribution is 2.32. The Bertz CT molecular complexity index is 520. The zero-order valence-corrected chi connectivity index (χ0v) is 9.80. The van der Waals surface area contributed by atoms with Crippen LogP contribution in [0.4, 0.5) is 17.1 Å². The summed E-state index contributed by atoms with van der Waals surface area (Å²) in [5.74, 6) is 0. The van der Waals surface area contributed by atoms with Crippen molar-refractivity contribution in [1.82, 2.24) is 4.98 Å². The van der Waals surface area contributed by atoms with Crippen molar-refractivity contribution in [2.24, 2.45) is 0 Å².